The summed E-state index contributed by atoms with van der Waals surface area (Å²) in [6.07, 6.45) is 0. The molecule has 0 spiro atoms. The molecule has 0 heterocycles. The molecule has 0 bridgehead atoms. The van der Waals surface area contributed by atoms with E-state index in [0.717, 1.165) is 0 Å². The molecule has 0 aliphatic rings. The standard InChI is InChI=1S/C9H20NO5P/c1-5-13-16(12,14-6-2)9(7(3)10)15-8(4)11/h7,9H,5-6,10H2,1-4H3/t7-,9-/m0/s1. The second-order valence-electron chi connectivity index (χ2n) is 3.23. The molecule has 0 aromatic heterocycles. The van der Waals surface area contributed by atoms with Crippen molar-refractivity contribution in [1.82, 2.24) is 0 Å². The fourth-order valence-electron chi connectivity index (χ4n) is 1.17. The summed E-state index contributed by atoms with van der Waals surface area (Å²) in [5.74, 6) is -1.63. The maximum Gasteiger partial charge on any atom is 0.372 e. The first-order chi connectivity index (χ1) is 7.37. The van der Waals surface area contributed by atoms with E-state index >= 15 is 0 Å². The van der Waals surface area contributed by atoms with Gasteiger partial charge in [-0.15, -0.1) is 0 Å². The summed E-state index contributed by atoms with van der Waals surface area (Å²) >= 11 is 0. The van der Waals surface area contributed by atoms with Crippen LogP contribution >= 0.6 is 7.60 Å². The first-order valence-electron chi connectivity index (χ1n) is 5.19. The average molecular weight is 253 g/mol. The summed E-state index contributed by atoms with van der Waals surface area (Å²) in [7, 11) is -3.51. The van der Waals surface area contributed by atoms with Gasteiger partial charge in [0.1, 0.15) is 0 Å². The smallest absolute Gasteiger partial charge is 0.372 e. The summed E-state index contributed by atoms with van der Waals surface area (Å²) in [4.78, 5) is 10.9. The fourth-order valence-corrected chi connectivity index (χ4v) is 3.12. The molecule has 0 fully saturated rings. The van der Waals surface area contributed by atoms with E-state index in [9.17, 15) is 9.36 Å². The summed E-state index contributed by atoms with van der Waals surface area (Å²) < 4.78 is 27.3. The molecule has 16 heavy (non-hydrogen) atoms. The molecule has 0 radical (unpaired) electrons. The van der Waals surface area contributed by atoms with Crippen LogP contribution in [0.5, 0.6) is 0 Å². The van der Waals surface area contributed by atoms with E-state index in [-0.39, 0.29) is 13.2 Å². The van der Waals surface area contributed by atoms with E-state index in [1.165, 1.54) is 6.92 Å². The van der Waals surface area contributed by atoms with Crippen LogP contribution < -0.4 is 5.73 Å². The van der Waals surface area contributed by atoms with Crippen LogP contribution in [0.25, 0.3) is 0 Å². The quantitative estimate of drug-likeness (QED) is 0.546. The second-order valence-corrected chi connectivity index (χ2v) is 5.34. The predicted molar refractivity (Wildman–Crippen MR) is 60.1 cm³/mol. The number of hydrogen-bond acceptors (Lipinski definition) is 6. The molecule has 0 aliphatic carbocycles. The molecule has 0 saturated carbocycles. The lowest BCUT2D eigenvalue weighted by molar-refractivity contribution is -0.144. The molecule has 7 heteroatoms. The van der Waals surface area contributed by atoms with E-state index in [2.05, 4.69) is 0 Å². The number of ether oxygens (including phenoxy) is 1. The SMILES string of the molecule is CCOP(=O)(OCC)[C@H](OC(C)=O)[C@H](C)N. The zero-order valence-electron chi connectivity index (χ0n) is 10.1. The van der Waals surface area contributed by atoms with Crippen LogP contribution in [0.2, 0.25) is 0 Å². The van der Waals surface area contributed by atoms with Gasteiger partial charge in [-0.05, 0) is 20.8 Å². The Balaban J connectivity index is 4.93. The van der Waals surface area contributed by atoms with Crippen LogP contribution in [0.1, 0.15) is 27.7 Å². The summed E-state index contributed by atoms with van der Waals surface area (Å²) in [6, 6.07) is -0.632. The van der Waals surface area contributed by atoms with Crippen molar-refractivity contribution < 1.29 is 23.1 Å². The maximum absolute atomic E-state index is 12.3. The zero-order valence-corrected chi connectivity index (χ0v) is 11.0. The topological polar surface area (TPSA) is 87.9 Å². The van der Waals surface area contributed by atoms with Crippen molar-refractivity contribution in [3.63, 3.8) is 0 Å². The Hall–Kier alpha value is -0.420. The third kappa shape index (κ3) is 4.61. The minimum Gasteiger partial charge on any atom is -0.448 e. The number of carbonyl (C=O) groups is 1. The number of nitrogens with two attached hydrogens (primary N) is 1. The summed E-state index contributed by atoms with van der Waals surface area (Å²) in [6.45, 7) is 6.55. The van der Waals surface area contributed by atoms with Crippen LogP contribution in [0.4, 0.5) is 0 Å². The van der Waals surface area contributed by atoms with E-state index in [0.29, 0.717) is 0 Å². The van der Waals surface area contributed by atoms with Crippen molar-refractivity contribution in [2.75, 3.05) is 13.2 Å². The normalized spacial score (nSPS) is 15.6. The predicted octanol–water partition coefficient (Wildman–Crippen LogP) is 1.49. The molecule has 0 amide bonds. The Morgan fingerprint density at radius 1 is 1.31 bits per heavy atom. The van der Waals surface area contributed by atoms with Gasteiger partial charge in [0.05, 0.1) is 19.3 Å². The van der Waals surface area contributed by atoms with Gasteiger partial charge < -0.3 is 19.5 Å². The van der Waals surface area contributed by atoms with Crippen molar-refractivity contribution in [3.05, 3.63) is 0 Å². The molecule has 0 unspecified atom stereocenters. The minimum absolute atomic E-state index is 0.196. The van der Waals surface area contributed by atoms with Gasteiger partial charge in [0, 0.05) is 6.92 Å². The molecule has 0 aromatic rings. The van der Waals surface area contributed by atoms with Crippen LogP contribution in [0, 0.1) is 0 Å². The summed E-state index contributed by atoms with van der Waals surface area (Å²) in [5.41, 5.74) is 5.62. The zero-order chi connectivity index (χ0) is 12.8. The number of hydrogen-bond donors (Lipinski definition) is 1. The molecular weight excluding hydrogens is 233 g/mol. The van der Waals surface area contributed by atoms with Crippen molar-refractivity contribution in [1.29, 1.82) is 0 Å². The van der Waals surface area contributed by atoms with Gasteiger partial charge in [-0.25, -0.2) is 0 Å². The van der Waals surface area contributed by atoms with E-state index in [1.807, 2.05) is 0 Å². The molecule has 0 aromatic carbocycles. The first kappa shape index (κ1) is 15.6. The molecule has 2 atom stereocenters. The van der Waals surface area contributed by atoms with Gasteiger partial charge >= 0.3 is 13.6 Å². The molecular formula is C9H20NO5P. The van der Waals surface area contributed by atoms with Gasteiger partial charge in [0.25, 0.3) is 0 Å². The third-order valence-electron chi connectivity index (χ3n) is 1.67. The van der Waals surface area contributed by atoms with Gasteiger partial charge in [0.15, 0.2) is 0 Å². The van der Waals surface area contributed by atoms with Crippen molar-refractivity contribution in [2.45, 2.75) is 39.6 Å². The highest BCUT2D eigenvalue weighted by atomic mass is 31.2. The lowest BCUT2D eigenvalue weighted by Crippen LogP contribution is -2.36. The average Bonchev–Trinajstić information content (AvgIpc) is 2.14. The molecule has 6 nitrogen and oxygen atoms in total. The lowest BCUT2D eigenvalue weighted by Gasteiger charge is -2.27. The van der Waals surface area contributed by atoms with E-state index in [4.69, 9.17) is 19.5 Å². The van der Waals surface area contributed by atoms with Crippen LogP contribution in [-0.2, 0) is 23.1 Å². The Morgan fingerprint density at radius 3 is 2.00 bits per heavy atom. The molecule has 0 rings (SSSR count). The number of esters is 1. The van der Waals surface area contributed by atoms with Crippen molar-refractivity contribution >= 4 is 13.6 Å². The molecule has 2 N–H and O–H groups in total. The van der Waals surface area contributed by atoms with E-state index < -0.39 is 25.5 Å². The second kappa shape index (κ2) is 7.01. The Labute approximate surface area is 96.0 Å². The van der Waals surface area contributed by atoms with Crippen molar-refractivity contribution in [3.8, 4) is 0 Å². The highest BCUT2D eigenvalue weighted by molar-refractivity contribution is 7.54. The van der Waals surface area contributed by atoms with Gasteiger partial charge in [0.2, 0.25) is 5.85 Å². The highest BCUT2D eigenvalue weighted by Crippen LogP contribution is 2.54. The van der Waals surface area contributed by atoms with Crippen LogP contribution in [0.15, 0.2) is 0 Å². The Bertz CT molecular complexity index is 259. The number of carbonyl (C=O) groups excluding carboxylic acids is 1. The highest BCUT2D eigenvalue weighted by Gasteiger charge is 2.40. The van der Waals surface area contributed by atoms with Crippen molar-refractivity contribution in [2.24, 2.45) is 5.73 Å². The molecule has 96 valence electrons. The Kier molecular flexibility index (Phi) is 6.83. The molecule has 0 aliphatic heterocycles. The third-order valence-corrected chi connectivity index (χ3v) is 4.10. The summed E-state index contributed by atoms with van der Waals surface area (Å²) in [5, 5.41) is 0. The van der Waals surface area contributed by atoms with Crippen LogP contribution in [0.3, 0.4) is 0 Å². The monoisotopic (exact) mass is 253 g/mol. The lowest BCUT2D eigenvalue weighted by atomic mass is 10.4. The minimum atomic E-state index is -3.51. The fraction of sp³-hybridized carbons (Fsp3) is 0.889. The molecule has 0 saturated heterocycles. The van der Waals surface area contributed by atoms with E-state index in [1.54, 1.807) is 20.8 Å². The number of rotatable bonds is 7. The largest absolute Gasteiger partial charge is 0.448 e. The van der Waals surface area contributed by atoms with Crippen LogP contribution in [-0.4, -0.2) is 31.1 Å². The maximum atomic E-state index is 12.3. The van der Waals surface area contributed by atoms with Gasteiger partial charge in [-0.2, -0.15) is 0 Å². The first-order valence-corrected chi connectivity index (χ1v) is 6.80. The Morgan fingerprint density at radius 2 is 1.75 bits per heavy atom. The van der Waals surface area contributed by atoms with Gasteiger partial charge in [-0.1, -0.05) is 0 Å². The van der Waals surface area contributed by atoms with Gasteiger partial charge in [-0.3, -0.25) is 9.36 Å².